The van der Waals surface area contributed by atoms with E-state index in [-0.39, 0.29) is 22.2 Å². The maximum Gasteiger partial charge on any atom is 0.273 e. The van der Waals surface area contributed by atoms with E-state index < -0.39 is 16.4 Å². The molecule has 0 aliphatic rings. The lowest BCUT2D eigenvalue weighted by molar-refractivity contribution is -0.432. The number of nitro groups is 1. The monoisotopic (exact) mass is 419 g/mol. The number of aryl methyl sites for hydroxylation is 1. The minimum absolute atomic E-state index is 0.0175. The molecule has 12 nitrogen and oxygen atoms in total. The molecule has 2 aromatic carbocycles. The van der Waals surface area contributed by atoms with Crippen LogP contribution >= 0.6 is 12.0 Å². The van der Waals surface area contributed by atoms with Gasteiger partial charge in [-0.1, -0.05) is 23.2 Å². The van der Waals surface area contributed by atoms with Crippen molar-refractivity contribution in [3.8, 4) is 17.3 Å². The molecule has 0 spiro atoms. The topological polar surface area (TPSA) is 165 Å². The average molecular weight is 419 g/mol. The van der Waals surface area contributed by atoms with Gasteiger partial charge in [0, 0.05) is 12.1 Å². The molecule has 1 aromatic heterocycles. The summed E-state index contributed by atoms with van der Waals surface area (Å²) in [6.07, 6.45) is 0. The number of hydrogen-bond acceptors (Lipinski definition) is 11. The van der Waals surface area contributed by atoms with Crippen molar-refractivity contribution in [1.82, 2.24) is 9.78 Å². The summed E-state index contributed by atoms with van der Waals surface area (Å²) in [7, 11) is 0. The first kappa shape index (κ1) is 20.2. The van der Waals surface area contributed by atoms with Crippen LogP contribution in [-0.2, 0) is 9.37 Å². The zero-order valence-electron chi connectivity index (χ0n) is 14.7. The summed E-state index contributed by atoms with van der Waals surface area (Å²) < 4.78 is 5.46. The van der Waals surface area contributed by atoms with Crippen LogP contribution in [0.3, 0.4) is 0 Å². The Bertz CT molecular complexity index is 1070. The molecule has 150 valence electrons. The fourth-order valence-electron chi connectivity index (χ4n) is 2.35. The summed E-state index contributed by atoms with van der Waals surface area (Å²) in [5, 5.41) is 55.3. The van der Waals surface area contributed by atoms with Crippen LogP contribution in [0.1, 0.15) is 5.69 Å². The molecule has 0 atom stereocenters. The Balaban J connectivity index is 2.01. The van der Waals surface area contributed by atoms with E-state index in [1.807, 2.05) is 6.07 Å². The van der Waals surface area contributed by atoms with Gasteiger partial charge in [-0.2, -0.15) is 9.78 Å². The molecule has 0 amide bonds. The highest BCUT2D eigenvalue weighted by Crippen LogP contribution is 2.42. The Morgan fingerprint density at radius 2 is 1.93 bits per heavy atom. The van der Waals surface area contributed by atoms with Gasteiger partial charge in [-0.15, -0.1) is 14.6 Å². The van der Waals surface area contributed by atoms with Crippen LogP contribution < -0.4 is 0 Å². The van der Waals surface area contributed by atoms with Crippen molar-refractivity contribution in [1.29, 1.82) is 0 Å². The van der Waals surface area contributed by atoms with Crippen molar-refractivity contribution in [2.75, 3.05) is 0 Å². The number of benzene rings is 2. The number of aromatic hydroxyl groups is 2. The largest absolute Gasteiger partial charge is 0.504 e. The molecule has 0 saturated heterocycles. The van der Waals surface area contributed by atoms with Crippen LogP contribution in [-0.4, -0.2) is 30.2 Å². The lowest BCUT2D eigenvalue weighted by Crippen LogP contribution is -1.94. The van der Waals surface area contributed by atoms with E-state index in [0.29, 0.717) is 23.4 Å². The van der Waals surface area contributed by atoms with Gasteiger partial charge in [-0.25, -0.2) is 5.26 Å². The third kappa shape index (κ3) is 4.33. The van der Waals surface area contributed by atoms with Gasteiger partial charge in [0.1, 0.15) is 5.69 Å². The second-order valence-electron chi connectivity index (χ2n) is 5.50. The molecule has 29 heavy (non-hydrogen) atoms. The molecule has 1 heterocycles. The van der Waals surface area contributed by atoms with Crippen LogP contribution in [0, 0.1) is 17.0 Å². The normalized spacial score (nSPS) is 11.2. The number of non-ortho nitro benzene ring substituents is 1. The van der Waals surface area contributed by atoms with E-state index in [4.69, 9.17) is 5.26 Å². The number of azo groups is 1. The molecule has 0 aliphatic heterocycles. The van der Waals surface area contributed by atoms with Crippen molar-refractivity contribution >= 4 is 29.1 Å². The predicted octanol–water partition coefficient (Wildman–Crippen LogP) is 4.34. The molecule has 0 unspecified atom stereocenters. The Morgan fingerprint density at radius 3 is 2.59 bits per heavy atom. The first-order valence-electron chi connectivity index (χ1n) is 7.84. The minimum atomic E-state index is -0.710. The third-order valence-electron chi connectivity index (χ3n) is 3.67. The van der Waals surface area contributed by atoms with Crippen LogP contribution in [0.25, 0.3) is 5.69 Å². The number of phenolic OH excluding ortho intramolecular Hbond substituents is 1. The van der Waals surface area contributed by atoms with Crippen LogP contribution in [0.2, 0.25) is 0 Å². The summed E-state index contributed by atoms with van der Waals surface area (Å²) in [6.45, 7) is 1.59. The Morgan fingerprint density at radius 1 is 1.21 bits per heavy atom. The third-order valence-corrected chi connectivity index (χ3v) is 4.29. The van der Waals surface area contributed by atoms with Crippen LogP contribution in [0.4, 0.5) is 17.1 Å². The molecule has 3 N–H and O–H groups in total. The zero-order chi connectivity index (χ0) is 21.0. The lowest BCUT2D eigenvalue weighted by Gasteiger charge is -2.04. The molecular weight excluding hydrogens is 406 g/mol. The standard InChI is InChI=1S/C16H13N5O7S/c1-9-14(16(23)20(19-9)10-5-3-2-4-6-10)18-17-12-7-11(21(24)25)8-13(15(12)22)29-28-27-26/h2-8,22-23,26H,1H3. The number of nitrogens with zero attached hydrogens (tertiary/aromatic N) is 5. The molecule has 3 aromatic rings. The van der Waals surface area contributed by atoms with E-state index in [1.165, 1.54) is 4.68 Å². The van der Waals surface area contributed by atoms with Gasteiger partial charge in [0.2, 0.25) is 5.88 Å². The van der Waals surface area contributed by atoms with Crippen molar-refractivity contribution in [2.24, 2.45) is 10.2 Å². The van der Waals surface area contributed by atoms with Crippen molar-refractivity contribution < 1.29 is 29.8 Å². The van der Waals surface area contributed by atoms with E-state index >= 15 is 0 Å². The van der Waals surface area contributed by atoms with E-state index in [1.54, 1.807) is 31.2 Å². The zero-order valence-corrected chi connectivity index (χ0v) is 15.5. The summed E-state index contributed by atoms with van der Waals surface area (Å²) in [6, 6.07) is 10.8. The highest BCUT2D eigenvalue weighted by molar-refractivity contribution is 7.94. The Labute approximate surface area is 166 Å². The fraction of sp³-hybridized carbons (Fsp3) is 0.0625. The fourth-order valence-corrected chi connectivity index (χ4v) is 2.81. The lowest BCUT2D eigenvalue weighted by atomic mass is 10.2. The minimum Gasteiger partial charge on any atom is -0.504 e. The summed E-state index contributed by atoms with van der Waals surface area (Å²) >= 11 is 0.328. The summed E-state index contributed by atoms with van der Waals surface area (Å²) in [5.74, 6) is -0.803. The Kier molecular flexibility index (Phi) is 6.04. The van der Waals surface area contributed by atoms with Crippen molar-refractivity contribution in [3.05, 3.63) is 58.3 Å². The first-order valence-corrected chi connectivity index (χ1v) is 8.58. The van der Waals surface area contributed by atoms with Crippen LogP contribution in [0.15, 0.2) is 57.6 Å². The maximum atomic E-state index is 11.1. The number of rotatable bonds is 7. The van der Waals surface area contributed by atoms with E-state index in [2.05, 4.69) is 24.7 Å². The summed E-state index contributed by atoms with van der Waals surface area (Å²) in [5.41, 5.74) is 0.263. The maximum absolute atomic E-state index is 11.1. The van der Waals surface area contributed by atoms with Gasteiger partial charge < -0.3 is 10.2 Å². The molecular formula is C16H13N5O7S. The van der Waals surface area contributed by atoms with Crippen molar-refractivity contribution in [3.63, 3.8) is 0 Å². The van der Waals surface area contributed by atoms with Gasteiger partial charge in [-0.3, -0.25) is 10.1 Å². The smallest absolute Gasteiger partial charge is 0.273 e. The van der Waals surface area contributed by atoms with E-state index in [9.17, 15) is 20.3 Å². The van der Waals surface area contributed by atoms with Gasteiger partial charge in [0.25, 0.3) is 5.69 Å². The molecule has 13 heteroatoms. The highest BCUT2D eigenvalue weighted by Gasteiger charge is 2.19. The number of aromatic nitrogens is 2. The molecule has 0 fully saturated rings. The first-order chi connectivity index (χ1) is 13.9. The summed E-state index contributed by atoms with van der Waals surface area (Å²) in [4.78, 5) is 10.2. The number of nitro benzene ring substituents is 1. The average Bonchev–Trinajstić information content (AvgIpc) is 3.00. The second kappa shape index (κ2) is 8.66. The van der Waals surface area contributed by atoms with Gasteiger partial charge in [0.15, 0.2) is 11.4 Å². The number of phenols is 1. The van der Waals surface area contributed by atoms with Gasteiger partial charge in [0.05, 0.1) is 33.2 Å². The SMILES string of the molecule is Cc1nn(-c2ccccc2)c(O)c1N=Nc1cc([N+](=O)[O-])cc(SOOO)c1O. The molecule has 0 aliphatic carbocycles. The predicted molar refractivity (Wildman–Crippen MR) is 99.6 cm³/mol. The second-order valence-corrected chi connectivity index (χ2v) is 6.24. The molecule has 0 bridgehead atoms. The molecule has 3 rings (SSSR count). The van der Waals surface area contributed by atoms with E-state index in [0.717, 1.165) is 12.1 Å². The molecule has 0 saturated carbocycles. The number of para-hydroxylation sites is 1. The highest BCUT2D eigenvalue weighted by atomic mass is 32.2. The quantitative estimate of drug-likeness (QED) is 0.166. The van der Waals surface area contributed by atoms with Gasteiger partial charge >= 0.3 is 0 Å². The van der Waals surface area contributed by atoms with Crippen LogP contribution in [0.5, 0.6) is 11.6 Å². The number of hydrogen-bond donors (Lipinski definition) is 3. The van der Waals surface area contributed by atoms with Crippen molar-refractivity contribution in [2.45, 2.75) is 11.8 Å². The van der Waals surface area contributed by atoms with Gasteiger partial charge in [-0.05, 0) is 19.1 Å². The Hall–Kier alpha value is -3.52. The molecule has 0 radical (unpaired) electrons.